The smallest absolute Gasteiger partial charge is 0.0703 e. The molecule has 5 atom stereocenters. The van der Waals surface area contributed by atoms with Gasteiger partial charge in [0.1, 0.15) is 0 Å². The standard InChI is InChI=1S/C16H32N2O/c1-11(2)13-6-7-14(17-4)16(10-13)18(5)15-8-9-19-12(15)3/h11-17H,6-10H2,1-5H3. The van der Waals surface area contributed by atoms with Gasteiger partial charge >= 0.3 is 0 Å². The molecule has 112 valence electrons. The van der Waals surface area contributed by atoms with Crippen LogP contribution in [0.3, 0.4) is 0 Å². The summed E-state index contributed by atoms with van der Waals surface area (Å²) >= 11 is 0. The van der Waals surface area contributed by atoms with E-state index < -0.39 is 0 Å². The molecule has 3 nitrogen and oxygen atoms in total. The van der Waals surface area contributed by atoms with E-state index in [4.69, 9.17) is 4.74 Å². The van der Waals surface area contributed by atoms with Crippen LogP contribution in [-0.2, 0) is 4.74 Å². The minimum Gasteiger partial charge on any atom is -0.377 e. The van der Waals surface area contributed by atoms with Crippen molar-refractivity contribution in [3.8, 4) is 0 Å². The Bertz CT molecular complexity index is 282. The number of nitrogens with zero attached hydrogens (tertiary/aromatic N) is 1. The van der Waals surface area contributed by atoms with Crippen LogP contribution in [-0.4, -0.2) is 49.8 Å². The van der Waals surface area contributed by atoms with Gasteiger partial charge in [0.05, 0.1) is 6.10 Å². The number of nitrogens with one attached hydrogen (secondary N) is 1. The minimum atomic E-state index is 0.391. The first-order valence-corrected chi connectivity index (χ1v) is 8.05. The van der Waals surface area contributed by atoms with Gasteiger partial charge in [-0.3, -0.25) is 4.90 Å². The number of ether oxygens (including phenoxy) is 1. The highest BCUT2D eigenvalue weighted by Gasteiger charge is 2.38. The molecule has 0 radical (unpaired) electrons. The van der Waals surface area contributed by atoms with Gasteiger partial charge in [-0.25, -0.2) is 0 Å². The van der Waals surface area contributed by atoms with E-state index in [1.54, 1.807) is 0 Å². The molecule has 1 aliphatic carbocycles. The van der Waals surface area contributed by atoms with Crippen LogP contribution in [0.25, 0.3) is 0 Å². The Hall–Kier alpha value is -0.120. The Labute approximate surface area is 119 Å². The topological polar surface area (TPSA) is 24.5 Å². The molecule has 1 N–H and O–H groups in total. The molecule has 0 aromatic rings. The van der Waals surface area contributed by atoms with Crippen LogP contribution >= 0.6 is 0 Å². The van der Waals surface area contributed by atoms with Crippen molar-refractivity contribution >= 4 is 0 Å². The minimum absolute atomic E-state index is 0.391. The van der Waals surface area contributed by atoms with E-state index in [9.17, 15) is 0 Å². The molecule has 2 aliphatic rings. The van der Waals surface area contributed by atoms with Crippen molar-refractivity contribution in [1.82, 2.24) is 10.2 Å². The molecule has 5 unspecified atom stereocenters. The van der Waals surface area contributed by atoms with Crippen molar-refractivity contribution in [3.63, 3.8) is 0 Å². The van der Waals surface area contributed by atoms with Gasteiger partial charge in [0.2, 0.25) is 0 Å². The lowest BCUT2D eigenvalue weighted by atomic mass is 9.76. The highest BCUT2D eigenvalue weighted by atomic mass is 16.5. The van der Waals surface area contributed by atoms with E-state index in [1.807, 2.05) is 0 Å². The van der Waals surface area contributed by atoms with Gasteiger partial charge in [-0.15, -0.1) is 0 Å². The summed E-state index contributed by atoms with van der Waals surface area (Å²) in [5.74, 6) is 1.70. The summed E-state index contributed by atoms with van der Waals surface area (Å²) < 4.78 is 5.76. The quantitative estimate of drug-likeness (QED) is 0.848. The Balaban J connectivity index is 2.04. The van der Waals surface area contributed by atoms with E-state index >= 15 is 0 Å². The Morgan fingerprint density at radius 3 is 2.42 bits per heavy atom. The van der Waals surface area contributed by atoms with E-state index in [0.29, 0.717) is 24.2 Å². The van der Waals surface area contributed by atoms with Crippen molar-refractivity contribution in [2.24, 2.45) is 11.8 Å². The van der Waals surface area contributed by atoms with Gasteiger partial charge in [-0.1, -0.05) is 13.8 Å². The van der Waals surface area contributed by atoms with Crippen molar-refractivity contribution in [1.29, 1.82) is 0 Å². The van der Waals surface area contributed by atoms with Crippen LogP contribution in [0.15, 0.2) is 0 Å². The molecule has 3 heteroatoms. The highest BCUT2D eigenvalue weighted by Crippen LogP contribution is 2.34. The lowest BCUT2D eigenvalue weighted by Gasteiger charge is -2.45. The maximum absolute atomic E-state index is 5.76. The Morgan fingerprint density at radius 2 is 1.89 bits per heavy atom. The molecule has 19 heavy (non-hydrogen) atoms. The normalized spacial score (nSPS) is 40.3. The van der Waals surface area contributed by atoms with Crippen LogP contribution < -0.4 is 5.32 Å². The molecule has 0 amide bonds. The summed E-state index contributed by atoms with van der Waals surface area (Å²) in [5.41, 5.74) is 0. The number of likely N-dealkylation sites (N-methyl/N-ethyl adjacent to an activating group) is 2. The van der Waals surface area contributed by atoms with Crippen molar-refractivity contribution in [2.45, 2.75) is 70.7 Å². The monoisotopic (exact) mass is 268 g/mol. The van der Waals surface area contributed by atoms with E-state index in [-0.39, 0.29) is 0 Å². The van der Waals surface area contributed by atoms with E-state index in [2.05, 4.69) is 45.1 Å². The fourth-order valence-electron chi connectivity index (χ4n) is 4.07. The van der Waals surface area contributed by atoms with Crippen LogP contribution in [0.5, 0.6) is 0 Å². The van der Waals surface area contributed by atoms with Crippen molar-refractivity contribution in [2.75, 3.05) is 20.7 Å². The largest absolute Gasteiger partial charge is 0.377 e. The molecule has 1 aliphatic heterocycles. The summed E-state index contributed by atoms with van der Waals surface area (Å²) in [7, 11) is 4.43. The predicted octanol–water partition coefficient (Wildman–Crippen LogP) is 2.51. The summed E-state index contributed by atoms with van der Waals surface area (Å²) in [6.07, 6.45) is 5.61. The Kier molecular flexibility index (Phi) is 5.27. The first-order chi connectivity index (χ1) is 9.04. The summed E-state index contributed by atoms with van der Waals surface area (Å²) in [6.45, 7) is 7.91. The number of rotatable bonds is 4. The molecule has 0 aromatic carbocycles. The third-order valence-corrected chi connectivity index (χ3v) is 5.55. The van der Waals surface area contributed by atoms with Crippen LogP contribution in [0.2, 0.25) is 0 Å². The second-order valence-corrected chi connectivity index (χ2v) is 6.88. The van der Waals surface area contributed by atoms with Gasteiger partial charge in [-0.05, 0) is 58.5 Å². The van der Waals surface area contributed by atoms with Crippen LogP contribution in [0.1, 0.15) is 46.5 Å². The summed E-state index contributed by atoms with van der Waals surface area (Å²) in [5, 5.41) is 3.55. The summed E-state index contributed by atoms with van der Waals surface area (Å²) in [4.78, 5) is 2.62. The maximum atomic E-state index is 5.76. The fourth-order valence-corrected chi connectivity index (χ4v) is 4.07. The van der Waals surface area contributed by atoms with E-state index in [0.717, 1.165) is 18.4 Å². The first kappa shape index (κ1) is 15.3. The zero-order chi connectivity index (χ0) is 14.0. The van der Waals surface area contributed by atoms with Gasteiger partial charge in [0.15, 0.2) is 0 Å². The molecule has 2 fully saturated rings. The molecule has 0 bridgehead atoms. The average molecular weight is 268 g/mol. The zero-order valence-corrected chi connectivity index (χ0v) is 13.4. The van der Waals surface area contributed by atoms with Gasteiger partial charge in [0.25, 0.3) is 0 Å². The molecule has 1 heterocycles. The molecule has 1 saturated carbocycles. The average Bonchev–Trinajstić information content (AvgIpc) is 2.83. The molecular weight excluding hydrogens is 236 g/mol. The number of hydrogen-bond acceptors (Lipinski definition) is 3. The van der Waals surface area contributed by atoms with Gasteiger partial charge < -0.3 is 10.1 Å². The Morgan fingerprint density at radius 1 is 1.16 bits per heavy atom. The lowest BCUT2D eigenvalue weighted by molar-refractivity contribution is 0.0343. The third-order valence-electron chi connectivity index (χ3n) is 5.55. The van der Waals surface area contributed by atoms with Gasteiger partial charge in [0, 0.05) is 24.7 Å². The van der Waals surface area contributed by atoms with Crippen LogP contribution in [0, 0.1) is 11.8 Å². The van der Waals surface area contributed by atoms with E-state index in [1.165, 1.54) is 25.7 Å². The number of hydrogen-bond donors (Lipinski definition) is 1. The van der Waals surface area contributed by atoms with Crippen LogP contribution in [0.4, 0.5) is 0 Å². The first-order valence-electron chi connectivity index (χ1n) is 8.05. The van der Waals surface area contributed by atoms with Crippen molar-refractivity contribution in [3.05, 3.63) is 0 Å². The van der Waals surface area contributed by atoms with Crippen molar-refractivity contribution < 1.29 is 4.74 Å². The zero-order valence-electron chi connectivity index (χ0n) is 13.4. The molecular formula is C16H32N2O. The summed E-state index contributed by atoms with van der Waals surface area (Å²) in [6, 6.07) is 1.92. The third kappa shape index (κ3) is 3.32. The molecule has 0 aromatic heterocycles. The SMILES string of the molecule is CNC1CCC(C(C)C)CC1N(C)C1CCOC1C. The second-order valence-electron chi connectivity index (χ2n) is 6.88. The maximum Gasteiger partial charge on any atom is 0.0703 e. The molecule has 2 rings (SSSR count). The van der Waals surface area contributed by atoms with Gasteiger partial charge in [-0.2, -0.15) is 0 Å². The lowest BCUT2D eigenvalue weighted by Crippen LogP contribution is -2.55. The molecule has 1 saturated heterocycles. The molecule has 0 spiro atoms. The second kappa shape index (κ2) is 6.55. The predicted molar refractivity (Wildman–Crippen MR) is 80.4 cm³/mol. The highest BCUT2D eigenvalue weighted by molar-refractivity contribution is 4.94. The fraction of sp³-hybridized carbons (Fsp3) is 1.00.